The lowest BCUT2D eigenvalue weighted by atomic mass is 10.3. The van der Waals surface area contributed by atoms with Gasteiger partial charge in [0.15, 0.2) is 13.1 Å². The molecule has 0 radical (unpaired) electrons. The van der Waals surface area contributed by atoms with Gasteiger partial charge in [-0.15, -0.1) is 0 Å². The fourth-order valence-electron chi connectivity index (χ4n) is 2.70. The van der Waals surface area contributed by atoms with E-state index in [9.17, 15) is 9.59 Å². The number of likely N-dealkylation sites (N-methyl/N-ethyl adjacent to an activating group) is 1. The Kier molecular flexibility index (Phi) is 8.48. The Morgan fingerprint density at radius 3 is 1.97 bits per heavy atom. The maximum absolute atomic E-state index is 12.2. The Balaban J connectivity index is 1.82. The molecule has 0 saturated carbocycles. The van der Waals surface area contributed by atoms with Crippen LogP contribution < -0.4 is 25.0 Å². The average Bonchev–Trinajstić information content (AvgIpc) is 2.64. The Morgan fingerprint density at radius 1 is 0.897 bits per heavy atom. The highest BCUT2D eigenvalue weighted by Crippen LogP contribution is 2.25. The number of anilines is 1. The minimum absolute atomic E-state index is 0.0684. The van der Waals surface area contributed by atoms with Crippen molar-refractivity contribution >= 4 is 17.5 Å². The maximum atomic E-state index is 12.2. The molecule has 0 heterocycles. The molecule has 3 N–H and O–H groups in total. The van der Waals surface area contributed by atoms with Crippen molar-refractivity contribution in [1.82, 2.24) is 5.32 Å². The zero-order valence-corrected chi connectivity index (χ0v) is 17.5. The number of carbonyl (C=O) groups is 2. The van der Waals surface area contributed by atoms with Crippen LogP contribution in [0.5, 0.6) is 17.2 Å². The van der Waals surface area contributed by atoms with Gasteiger partial charge in [-0.05, 0) is 69.3 Å². The molecule has 0 spiro atoms. The van der Waals surface area contributed by atoms with E-state index < -0.39 is 0 Å². The van der Waals surface area contributed by atoms with Crippen LogP contribution in [-0.4, -0.2) is 44.6 Å². The minimum Gasteiger partial charge on any atom is -0.494 e. The molecule has 1 atom stereocenters. The first-order chi connectivity index (χ1) is 13.9. The molecule has 29 heavy (non-hydrogen) atoms. The molecular weight excluding hydrogens is 370 g/mol. The molecule has 156 valence electrons. The van der Waals surface area contributed by atoms with E-state index in [1.165, 1.54) is 0 Å². The van der Waals surface area contributed by atoms with Crippen LogP contribution in [0, 0.1) is 0 Å². The van der Waals surface area contributed by atoms with Crippen LogP contribution in [0.1, 0.15) is 20.8 Å². The van der Waals surface area contributed by atoms with Gasteiger partial charge in [-0.3, -0.25) is 9.59 Å². The topological polar surface area (TPSA) is 81.1 Å². The zero-order chi connectivity index (χ0) is 21.2. The molecule has 2 aromatic rings. The van der Waals surface area contributed by atoms with E-state index in [-0.39, 0.29) is 30.9 Å². The first-order valence-corrected chi connectivity index (χ1v) is 9.77. The van der Waals surface area contributed by atoms with Gasteiger partial charge < -0.3 is 25.0 Å². The number of hydrogen-bond donors (Lipinski definition) is 3. The van der Waals surface area contributed by atoms with Gasteiger partial charge in [0.25, 0.3) is 11.8 Å². The van der Waals surface area contributed by atoms with Gasteiger partial charge in [-0.25, -0.2) is 0 Å². The van der Waals surface area contributed by atoms with Crippen LogP contribution in [0.3, 0.4) is 0 Å². The van der Waals surface area contributed by atoms with Crippen LogP contribution in [-0.2, 0) is 9.59 Å². The molecule has 2 rings (SSSR count). The highest BCUT2D eigenvalue weighted by Gasteiger charge is 2.14. The van der Waals surface area contributed by atoms with Crippen LogP contribution in [0.25, 0.3) is 0 Å². The lowest BCUT2D eigenvalue weighted by Gasteiger charge is -2.15. The largest absolute Gasteiger partial charge is 0.494 e. The van der Waals surface area contributed by atoms with Gasteiger partial charge in [-0.2, -0.15) is 0 Å². The highest BCUT2D eigenvalue weighted by molar-refractivity contribution is 5.91. The van der Waals surface area contributed by atoms with E-state index in [1.807, 2.05) is 52.1 Å². The van der Waals surface area contributed by atoms with Crippen molar-refractivity contribution < 1.29 is 24.0 Å². The number of ether oxygens (including phenoxy) is 2. The molecule has 0 aliphatic heterocycles. The molecule has 7 nitrogen and oxygen atoms in total. The van der Waals surface area contributed by atoms with E-state index >= 15 is 0 Å². The van der Waals surface area contributed by atoms with Crippen LogP contribution in [0.4, 0.5) is 5.69 Å². The van der Waals surface area contributed by atoms with Crippen molar-refractivity contribution in [3.05, 3.63) is 48.5 Å². The van der Waals surface area contributed by atoms with Gasteiger partial charge >= 0.3 is 0 Å². The molecule has 2 aromatic carbocycles. The van der Waals surface area contributed by atoms with E-state index in [0.717, 1.165) is 10.6 Å². The number of hydrogen-bond acceptors (Lipinski definition) is 4. The summed E-state index contributed by atoms with van der Waals surface area (Å²) in [5.41, 5.74) is 0.675. The monoisotopic (exact) mass is 400 g/mol. The van der Waals surface area contributed by atoms with Crippen LogP contribution in [0.15, 0.2) is 48.5 Å². The van der Waals surface area contributed by atoms with Crippen molar-refractivity contribution in [1.29, 1.82) is 0 Å². The summed E-state index contributed by atoms with van der Waals surface area (Å²) in [7, 11) is 1.81. The van der Waals surface area contributed by atoms with Crippen LogP contribution >= 0.6 is 0 Å². The van der Waals surface area contributed by atoms with Crippen LogP contribution in [0.2, 0.25) is 0 Å². The molecule has 0 aromatic heterocycles. The molecule has 0 aliphatic carbocycles. The van der Waals surface area contributed by atoms with Gasteiger partial charge in [0.2, 0.25) is 0 Å². The second-order valence-electron chi connectivity index (χ2n) is 7.11. The molecule has 0 aliphatic rings. The first-order valence-electron chi connectivity index (χ1n) is 9.77. The van der Waals surface area contributed by atoms with Crippen molar-refractivity contribution in [3.8, 4) is 17.2 Å². The second kappa shape index (κ2) is 11.1. The number of quaternary nitrogens is 1. The zero-order valence-electron chi connectivity index (χ0n) is 17.5. The summed E-state index contributed by atoms with van der Waals surface area (Å²) < 4.78 is 11.2. The van der Waals surface area contributed by atoms with E-state index in [4.69, 9.17) is 9.47 Å². The minimum atomic E-state index is -0.153. The fourth-order valence-corrected chi connectivity index (χ4v) is 2.70. The lowest BCUT2D eigenvalue weighted by Crippen LogP contribution is -3.11. The summed E-state index contributed by atoms with van der Waals surface area (Å²) in [5, 5.41) is 5.66. The third-order valence-electron chi connectivity index (χ3n) is 3.88. The number of amides is 2. The number of carbonyl (C=O) groups excluding carboxylic acids is 2. The van der Waals surface area contributed by atoms with Gasteiger partial charge in [0.05, 0.1) is 13.7 Å². The summed E-state index contributed by atoms with van der Waals surface area (Å²) >= 11 is 0. The summed E-state index contributed by atoms with van der Waals surface area (Å²) in [4.78, 5) is 24.8. The predicted molar refractivity (Wildman–Crippen MR) is 113 cm³/mol. The van der Waals surface area contributed by atoms with E-state index in [2.05, 4.69) is 10.6 Å². The standard InChI is InChI=1S/C22H29N3O4/c1-5-28-18-10-12-20(13-11-18)29-19-8-6-17(7-9-19)24-22(27)15-25(4)14-21(26)23-16(2)3/h6-13,16H,5,14-15H2,1-4H3,(H,23,26)(H,24,27)/p+1. The van der Waals surface area contributed by atoms with Gasteiger partial charge in [0.1, 0.15) is 17.2 Å². The van der Waals surface area contributed by atoms with E-state index in [0.29, 0.717) is 23.8 Å². The van der Waals surface area contributed by atoms with Crippen molar-refractivity contribution in [2.75, 3.05) is 32.1 Å². The number of rotatable bonds is 10. The molecular formula is C22H30N3O4+. The van der Waals surface area contributed by atoms with E-state index in [1.54, 1.807) is 24.3 Å². The second-order valence-corrected chi connectivity index (χ2v) is 7.11. The number of benzene rings is 2. The van der Waals surface area contributed by atoms with Crippen molar-refractivity contribution in [2.24, 2.45) is 0 Å². The number of nitrogens with one attached hydrogen (secondary N) is 3. The average molecular weight is 400 g/mol. The Bertz CT molecular complexity index is 789. The molecule has 7 heteroatoms. The quantitative estimate of drug-likeness (QED) is 0.569. The highest BCUT2D eigenvalue weighted by atomic mass is 16.5. The Hall–Kier alpha value is -3.06. The first kappa shape index (κ1) is 22.2. The third-order valence-corrected chi connectivity index (χ3v) is 3.88. The van der Waals surface area contributed by atoms with Gasteiger partial charge in [-0.1, -0.05) is 0 Å². The summed E-state index contributed by atoms with van der Waals surface area (Å²) in [6, 6.07) is 14.6. The van der Waals surface area contributed by atoms with Gasteiger partial charge in [0, 0.05) is 11.7 Å². The Morgan fingerprint density at radius 2 is 1.41 bits per heavy atom. The molecule has 1 unspecified atom stereocenters. The lowest BCUT2D eigenvalue weighted by molar-refractivity contribution is -0.862. The Labute approximate surface area is 172 Å². The molecule has 0 fully saturated rings. The normalized spacial score (nSPS) is 11.6. The molecule has 0 saturated heterocycles. The maximum Gasteiger partial charge on any atom is 0.279 e. The smallest absolute Gasteiger partial charge is 0.279 e. The predicted octanol–water partition coefficient (Wildman–Crippen LogP) is 1.86. The summed E-state index contributed by atoms with van der Waals surface area (Å²) in [6.45, 7) is 6.83. The molecule has 0 bridgehead atoms. The molecule has 2 amide bonds. The summed E-state index contributed by atoms with van der Waals surface area (Å²) in [5.74, 6) is 1.95. The third kappa shape index (κ3) is 8.23. The fraction of sp³-hybridized carbons (Fsp3) is 0.364. The van der Waals surface area contributed by atoms with Crippen molar-refractivity contribution in [2.45, 2.75) is 26.8 Å². The summed E-state index contributed by atoms with van der Waals surface area (Å²) in [6.07, 6.45) is 0. The SMILES string of the molecule is CCOc1ccc(Oc2ccc(NC(=O)C[NH+](C)CC(=O)NC(C)C)cc2)cc1. The van der Waals surface area contributed by atoms with Crippen molar-refractivity contribution in [3.63, 3.8) is 0 Å².